The number of aryl methyl sites for hydroxylation is 1. The van der Waals surface area contributed by atoms with E-state index in [1.54, 1.807) is 6.92 Å². The predicted molar refractivity (Wildman–Crippen MR) is 70.3 cm³/mol. The van der Waals surface area contributed by atoms with Crippen LogP contribution in [-0.2, 0) is 4.74 Å². The van der Waals surface area contributed by atoms with Gasteiger partial charge in [0, 0.05) is 5.56 Å². The lowest BCUT2D eigenvalue weighted by Gasteiger charge is -2.08. The summed E-state index contributed by atoms with van der Waals surface area (Å²) in [5.74, 6) is -0.805. The second kappa shape index (κ2) is 5.72. The number of hydrogen-bond donors (Lipinski definition) is 0. The Morgan fingerprint density at radius 3 is 2.38 bits per heavy atom. The minimum Gasteiger partial charge on any atom is -0.465 e. The number of esters is 1. The maximum Gasteiger partial charge on any atom is 0.573 e. The van der Waals surface area contributed by atoms with Crippen LogP contribution >= 0.6 is 11.3 Å². The summed E-state index contributed by atoms with van der Waals surface area (Å²) >= 11 is 1.12. The number of aromatic nitrogens is 1. The van der Waals surface area contributed by atoms with Crippen molar-refractivity contribution in [3.05, 3.63) is 34.8 Å². The quantitative estimate of drug-likeness (QED) is 0.808. The number of benzene rings is 1. The number of carbonyl (C=O) groups is 1. The predicted octanol–water partition coefficient (Wildman–Crippen LogP) is 3.80. The first-order valence-electron chi connectivity index (χ1n) is 5.72. The number of rotatable bonds is 3. The highest BCUT2D eigenvalue weighted by molar-refractivity contribution is 7.17. The van der Waals surface area contributed by atoms with Crippen LogP contribution < -0.4 is 4.74 Å². The fraction of sp³-hybridized carbons (Fsp3) is 0.231. The zero-order valence-electron chi connectivity index (χ0n) is 11.0. The molecule has 1 aromatic heterocycles. The molecule has 21 heavy (non-hydrogen) atoms. The van der Waals surface area contributed by atoms with E-state index in [0.717, 1.165) is 11.3 Å². The zero-order chi connectivity index (χ0) is 15.6. The summed E-state index contributed by atoms with van der Waals surface area (Å²) in [5.41, 5.74) is 1.10. The van der Waals surface area contributed by atoms with Gasteiger partial charge in [-0.2, -0.15) is 0 Å². The second-order valence-corrected chi connectivity index (χ2v) is 5.00. The minimum atomic E-state index is -4.72. The number of halogens is 3. The van der Waals surface area contributed by atoms with E-state index in [4.69, 9.17) is 0 Å². The van der Waals surface area contributed by atoms with E-state index in [1.165, 1.54) is 31.4 Å². The van der Waals surface area contributed by atoms with Crippen molar-refractivity contribution in [2.24, 2.45) is 0 Å². The Balaban J connectivity index is 2.25. The first kappa shape index (κ1) is 15.3. The average Bonchev–Trinajstić information content (AvgIpc) is 2.79. The van der Waals surface area contributed by atoms with Gasteiger partial charge in [-0.3, -0.25) is 0 Å². The van der Waals surface area contributed by atoms with Crippen molar-refractivity contribution in [3.8, 4) is 16.3 Å². The van der Waals surface area contributed by atoms with E-state index in [9.17, 15) is 18.0 Å². The molecule has 0 radical (unpaired) electrons. The van der Waals surface area contributed by atoms with Gasteiger partial charge in [0.25, 0.3) is 0 Å². The van der Waals surface area contributed by atoms with Crippen LogP contribution in [0.2, 0.25) is 0 Å². The number of thiazole rings is 1. The van der Waals surface area contributed by atoms with Crippen LogP contribution in [0.3, 0.4) is 0 Å². The highest BCUT2D eigenvalue weighted by atomic mass is 32.1. The smallest absolute Gasteiger partial charge is 0.465 e. The normalized spacial score (nSPS) is 11.3. The van der Waals surface area contributed by atoms with E-state index in [-0.39, 0.29) is 5.75 Å². The molecule has 0 saturated heterocycles. The third-order valence-corrected chi connectivity index (χ3v) is 3.69. The fourth-order valence-electron chi connectivity index (χ4n) is 1.60. The molecule has 8 heteroatoms. The van der Waals surface area contributed by atoms with E-state index in [2.05, 4.69) is 14.5 Å². The summed E-state index contributed by atoms with van der Waals surface area (Å²) in [5, 5.41) is 0.520. The van der Waals surface area contributed by atoms with Crippen molar-refractivity contribution in [1.29, 1.82) is 0 Å². The highest BCUT2D eigenvalue weighted by Crippen LogP contribution is 2.30. The molecular weight excluding hydrogens is 307 g/mol. The lowest BCUT2D eigenvalue weighted by molar-refractivity contribution is -0.274. The lowest BCUT2D eigenvalue weighted by Crippen LogP contribution is -2.16. The Morgan fingerprint density at radius 2 is 1.86 bits per heavy atom. The molecule has 2 rings (SSSR count). The zero-order valence-corrected chi connectivity index (χ0v) is 11.8. The molecule has 112 valence electrons. The van der Waals surface area contributed by atoms with Gasteiger partial charge in [0.05, 0.1) is 12.8 Å². The fourth-order valence-corrected chi connectivity index (χ4v) is 2.59. The Labute approximate surface area is 122 Å². The summed E-state index contributed by atoms with van der Waals surface area (Å²) in [6, 6.07) is 5.27. The van der Waals surface area contributed by atoms with Crippen LogP contribution in [0.25, 0.3) is 10.6 Å². The Hall–Kier alpha value is -2.09. The molecule has 0 unspecified atom stereocenters. The number of methoxy groups -OCH3 is 1. The molecule has 0 amide bonds. The van der Waals surface area contributed by atoms with Gasteiger partial charge in [-0.05, 0) is 31.2 Å². The molecule has 2 aromatic rings. The molecule has 0 fully saturated rings. The molecule has 1 heterocycles. The Morgan fingerprint density at radius 1 is 1.24 bits per heavy atom. The summed E-state index contributed by atoms with van der Waals surface area (Å²) < 4.78 is 44.6. The average molecular weight is 317 g/mol. The van der Waals surface area contributed by atoms with Crippen molar-refractivity contribution in [2.45, 2.75) is 13.3 Å². The van der Waals surface area contributed by atoms with Crippen molar-refractivity contribution in [2.75, 3.05) is 7.11 Å². The SMILES string of the molecule is COC(=O)c1sc(-c2ccc(OC(F)(F)F)cc2)nc1C. The molecule has 0 saturated carbocycles. The van der Waals surface area contributed by atoms with Gasteiger partial charge in [0.15, 0.2) is 0 Å². The van der Waals surface area contributed by atoms with Gasteiger partial charge < -0.3 is 9.47 Å². The second-order valence-electron chi connectivity index (χ2n) is 4.00. The van der Waals surface area contributed by atoms with Crippen molar-refractivity contribution in [3.63, 3.8) is 0 Å². The molecule has 0 aliphatic rings. The van der Waals surface area contributed by atoms with Gasteiger partial charge in [-0.25, -0.2) is 9.78 Å². The molecule has 0 spiro atoms. The van der Waals surface area contributed by atoms with Crippen molar-refractivity contribution >= 4 is 17.3 Å². The van der Waals surface area contributed by atoms with Crippen molar-refractivity contribution < 1.29 is 27.4 Å². The molecule has 0 aliphatic carbocycles. The monoisotopic (exact) mass is 317 g/mol. The van der Waals surface area contributed by atoms with Gasteiger partial charge in [-0.15, -0.1) is 24.5 Å². The number of alkyl halides is 3. The van der Waals surface area contributed by atoms with Crippen LogP contribution in [-0.4, -0.2) is 24.4 Å². The summed E-state index contributed by atoms with van der Waals surface area (Å²) in [4.78, 5) is 16.1. The first-order chi connectivity index (χ1) is 9.80. The molecule has 1 aromatic carbocycles. The van der Waals surface area contributed by atoms with Crippen LogP contribution in [0.1, 0.15) is 15.4 Å². The van der Waals surface area contributed by atoms with E-state index in [1.807, 2.05) is 0 Å². The van der Waals surface area contributed by atoms with Crippen molar-refractivity contribution in [1.82, 2.24) is 4.98 Å². The van der Waals surface area contributed by atoms with E-state index in [0.29, 0.717) is 21.1 Å². The minimum absolute atomic E-state index is 0.312. The Bertz CT molecular complexity index is 650. The third-order valence-electron chi connectivity index (χ3n) is 2.50. The standard InChI is InChI=1S/C13H10F3NO3S/c1-7-10(12(18)19-2)21-11(17-7)8-3-5-9(6-4-8)20-13(14,15)16/h3-6H,1-2H3. The topological polar surface area (TPSA) is 48.4 Å². The summed E-state index contributed by atoms with van der Waals surface area (Å²) in [6.07, 6.45) is -4.72. The molecule has 0 atom stereocenters. The highest BCUT2D eigenvalue weighted by Gasteiger charge is 2.31. The molecule has 0 N–H and O–H groups in total. The molecule has 0 bridgehead atoms. The first-order valence-corrected chi connectivity index (χ1v) is 6.54. The number of ether oxygens (including phenoxy) is 2. The van der Waals surface area contributed by atoms with Crippen LogP contribution in [0.4, 0.5) is 13.2 Å². The van der Waals surface area contributed by atoms with E-state index < -0.39 is 12.3 Å². The van der Waals surface area contributed by atoms with Gasteiger partial charge in [0.1, 0.15) is 15.6 Å². The number of nitrogens with zero attached hydrogens (tertiary/aromatic N) is 1. The Kier molecular flexibility index (Phi) is 4.17. The lowest BCUT2D eigenvalue weighted by atomic mass is 10.2. The van der Waals surface area contributed by atoms with Crippen LogP contribution in [0.5, 0.6) is 5.75 Å². The third kappa shape index (κ3) is 3.72. The summed E-state index contributed by atoms with van der Waals surface area (Å²) in [6.45, 7) is 1.66. The van der Waals surface area contributed by atoms with Crippen LogP contribution in [0.15, 0.2) is 24.3 Å². The van der Waals surface area contributed by atoms with Crippen LogP contribution in [0, 0.1) is 6.92 Å². The molecule has 0 aliphatic heterocycles. The maximum atomic E-state index is 12.1. The van der Waals surface area contributed by atoms with Gasteiger partial charge in [-0.1, -0.05) is 0 Å². The van der Waals surface area contributed by atoms with Gasteiger partial charge >= 0.3 is 12.3 Å². The largest absolute Gasteiger partial charge is 0.573 e. The van der Waals surface area contributed by atoms with E-state index >= 15 is 0 Å². The molecular formula is C13H10F3NO3S. The number of hydrogen-bond acceptors (Lipinski definition) is 5. The maximum absolute atomic E-state index is 12.1. The summed E-state index contributed by atoms with van der Waals surface area (Å²) in [7, 11) is 1.27. The number of carbonyl (C=O) groups excluding carboxylic acids is 1. The molecule has 4 nitrogen and oxygen atoms in total. The van der Waals surface area contributed by atoms with Gasteiger partial charge in [0.2, 0.25) is 0 Å².